The smallest absolute Gasteiger partial charge is 0.247 e. The van der Waals surface area contributed by atoms with Crippen LogP contribution in [0.15, 0.2) is 70.2 Å². The lowest BCUT2D eigenvalue weighted by Crippen LogP contribution is -2.47. The molecule has 1 fully saturated rings. The van der Waals surface area contributed by atoms with E-state index in [9.17, 15) is 13.2 Å². The number of amides is 1. The summed E-state index contributed by atoms with van der Waals surface area (Å²) in [5.41, 5.74) is 1.71. The lowest BCUT2D eigenvalue weighted by Gasteiger charge is -2.28. The number of aromatic nitrogens is 1. The van der Waals surface area contributed by atoms with E-state index in [0.717, 1.165) is 21.5 Å². The molecule has 8 nitrogen and oxygen atoms in total. The summed E-state index contributed by atoms with van der Waals surface area (Å²) in [7, 11) is -3.84. The molecule has 3 heterocycles. The number of thiazole rings is 1. The molecule has 0 radical (unpaired) electrons. The zero-order valence-electron chi connectivity index (χ0n) is 20.1. The van der Waals surface area contributed by atoms with Gasteiger partial charge in [0.1, 0.15) is 17.6 Å². The summed E-state index contributed by atoms with van der Waals surface area (Å²) in [5, 5.41) is 0.486. The minimum atomic E-state index is -3.84. The molecule has 0 bridgehead atoms. The van der Waals surface area contributed by atoms with Gasteiger partial charge in [0.05, 0.1) is 34.5 Å². The first kappa shape index (κ1) is 24.5. The lowest BCUT2D eigenvalue weighted by molar-refractivity contribution is -0.121. The number of nitrogens with zero attached hydrogens (tertiary/aromatic N) is 3. The highest BCUT2D eigenvalue weighted by molar-refractivity contribution is 7.89. The second-order valence-corrected chi connectivity index (χ2v) is 11.5. The summed E-state index contributed by atoms with van der Waals surface area (Å²) >= 11 is 1.37. The van der Waals surface area contributed by atoms with Gasteiger partial charge in [-0.25, -0.2) is 13.4 Å². The van der Waals surface area contributed by atoms with Gasteiger partial charge in [-0.05, 0) is 69.2 Å². The zero-order valence-corrected chi connectivity index (χ0v) is 21.7. The Balaban J connectivity index is 1.50. The van der Waals surface area contributed by atoms with Crippen molar-refractivity contribution in [1.82, 2.24) is 9.29 Å². The number of aryl methyl sites for hydroxylation is 1. The highest BCUT2D eigenvalue weighted by Crippen LogP contribution is 2.35. The van der Waals surface area contributed by atoms with Crippen molar-refractivity contribution >= 4 is 42.6 Å². The van der Waals surface area contributed by atoms with Gasteiger partial charge in [-0.3, -0.25) is 9.69 Å². The van der Waals surface area contributed by atoms with Crippen LogP contribution in [0, 0.1) is 6.92 Å². The Morgan fingerprint density at radius 1 is 1.22 bits per heavy atom. The average molecular weight is 526 g/mol. The van der Waals surface area contributed by atoms with Gasteiger partial charge in [-0.2, -0.15) is 4.31 Å². The zero-order chi connectivity index (χ0) is 25.3. The molecule has 1 unspecified atom stereocenters. The van der Waals surface area contributed by atoms with Gasteiger partial charge >= 0.3 is 0 Å². The highest BCUT2D eigenvalue weighted by Gasteiger charge is 2.42. The summed E-state index contributed by atoms with van der Waals surface area (Å²) in [6.45, 7) is 4.81. The molecular weight excluding hydrogens is 498 g/mol. The number of hydrogen-bond donors (Lipinski definition) is 0. The van der Waals surface area contributed by atoms with Crippen LogP contribution in [0.4, 0.5) is 5.13 Å². The van der Waals surface area contributed by atoms with Crippen LogP contribution < -0.4 is 9.64 Å². The first-order chi connectivity index (χ1) is 17.4. The summed E-state index contributed by atoms with van der Waals surface area (Å²) in [6, 6.07) is 15.0. The van der Waals surface area contributed by atoms with Crippen LogP contribution >= 0.6 is 11.3 Å². The molecule has 10 heteroatoms. The number of furan rings is 1. The molecule has 2 aromatic carbocycles. The number of fused-ring (bicyclic) bond motifs is 1. The van der Waals surface area contributed by atoms with Gasteiger partial charge in [0.25, 0.3) is 0 Å². The number of benzene rings is 2. The van der Waals surface area contributed by atoms with Crippen molar-refractivity contribution in [3.63, 3.8) is 0 Å². The van der Waals surface area contributed by atoms with Gasteiger partial charge in [0.15, 0.2) is 5.13 Å². The monoisotopic (exact) mass is 525 g/mol. The summed E-state index contributed by atoms with van der Waals surface area (Å²) in [6.07, 6.45) is 2.60. The van der Waals surface area contributed by atoms with E-state index in [4.69, 9.17) is 14.1 Å². The molecule has 1 aliphatic rings. The van der Waals surface area contributed by atoms with Gasteiger partial charge in [0, 0.05) is 6.54 Å². The molecular formula is C26H27N3O5S2. The fourth-order valence-corrected chi connectivity index (χ4v) is 7.01. The number of anilines is 1. The van der Waals surface area contributed by atoms with Crippen molar-refractivity contribution in [3.05, 3.63) is 72.2 Å². The van der Waals surface area contributed by atoms with Crippen molar-refractivity contribution in [2.24, 2.45) is 0 Å². The van der Waals surface area contributed by atoms with E-state index in [1.54, 1.807) is 42.7 Å². The Bertz CT molecular complexity index is 1460. The van der Waals surface area contributed by atoms with Gasteiger partial charge in [-0.15, -0.1) is 0 Å². The fraction of sp³-hybridized carbons (Fsp3) is 0.308. The molecule has 1 atom stereocenters. The molecule has 5 rings (SSSR count). The summed E-state index contributed by atoms with van der Waals surface area (Å²) in [5.74, 6) is 1.00. The van der Waals surface area contributed by atoms with Crippen LogP contribution in [-0.4, -0.2) is 42.8 Å². The highest BCUT2D eigenvalue weighted by atomic mass is 32.2. The van der Waals surface area contributed by atoms with Crippen molar-refractivity contribution in [3.8, 4) is 5.75 Å². The fourth-order valence-electron chi connectivity index (χ4n) is 4.36. The maximum Gasteiger partial charge on any atom is 0.247 e. The van der Waals surface area contributed by atoms with Crippen LogP contribution in [0.2, 0.25) is 0 Å². The molecule has 0 spiro atoms. The SMILES string of the molecule is CCOc1ccc2nc(N(Cc3ccco3)C(=O)C3CCCN3S(=O)(=O)c3ccc(C)cc3)sc2c1. The maximum atomic E-state index is 14.0. The van der Waals surface area contributed by atoms with Gasteiger partial charge in [-0.1, -0.05) is 29.0 Å². The van der Waals surface area contributed by atoms with E-state index in [2.05, 4.69) is 0 Å². The maximum absolute atomic E-state index is 14.0. The van der Waals surface area contributed by atoms with E-state index in [-0.39, 0.29) is 17.3 Å². The normalized spacial score (nSPS) is 16.4. The molecule has 188 valence electrons. The van der Waals surface area contributed by atoms with Crippen molar-refractivity contribution in [2.45, 2.75) is 44.2 Å². The second-order valence-electron chi connectivity index (χ2n) is 8.65. The van der Waals surface area contributed by atoms with E-state index in [1.165, 1.54) is 20.5 Å². The number of ether oxygens (including phenoxy) is 1. The number of hydrogen-bond acceptors (Lipinski definition) is 7. The Hall–Kier alpha value is -3.21. The first-order valence-electron chi connectivity index (χ1n) is 11.8. The van der Waals surface area contributed by atoms with Crippen LogP contribution in [0.1, 0.15) is 31.1 Å². The minimum absolute atomic E-state index is 0.152. The molecule has 0 N–H and O–H groups in total. The Morgan fingerprint density at radius 3 is 2.75 bits per heavy atom. The molecule has 36 heavy (non-hydrogen) atoms. The van der Waals surface area contributed by atoms with E-state index in [0.29, 0.717) is 36.9 Å². The van der Waals surface area contributed by atoms with Crippen molar-refractivity contribution in [1.29, 1.82) is 0 Å². The van der Waals surface area contributed by atoms with Crippen LogP contribution in [0.5, 0.6) is 5.75 Å². The summed E-state index contributed by atoms with van der Waals surface area (Å²) in [4.78, 5) is 20.4. The number of rotatable bonds is 8. The molecule has 1 aliphatic heterocycles. The third-order valence-electron chi connectivity index (χ3n) is 6.17. The van der Waals surface area contributed by atoms with Crippen molar-refractivity contribution in [2.75, 3.05) is 18.1 Å². The predicted molar refractivity (Wildman–Crippen MR) is 139 cm³/mol. The third-order valence-corrected chi connectivity index (χ3v) is 9.13. The summed E-state index contributed by atoms with van der Waals surface area (Å²) < 4.78 is 40.3. The topological polar surface area (TPSA) is 92.9 Å². The van der Waals surface area contributed by atoms with Gasteiger partial charge < -0.3 is 9.15 Å². The van der Waals surface area contributed by atoms with Crippen LogP contribution in [0.3, 0.4) is 0 Å². The quantitative estimate of drug-likeness (QED) is 0.322. The van der Waals surface area contributed by atoms with Gasteiger partial charge in [0.2, 0.25) is 15.9 Å². The Labute approximate surface area is 214 Å². The minimum Gasteiger partial charge on any atom is -0.494 e. The standard InChI is InChI=1S/C26H27N3O5S2/c1-3-33-19-10-13-22-24(16-19)35-26(27-22)28(17-20-6-5-15-34-20)25(30)23-7-4-14-29(23)36(31,32)21-11-8-18(2)9-12-21/h5-6,8-13,15-16,23H,3-4,7,14,17H2,1-2H3. The molecule has 1 saturated heterocycles. The van der Waals surface area contributed by atoms with E-state index >= 15 is 0 Å². The lowest BCUT2D eigenvalue weighted by atomic mass is 10.2. The first-order valence-corrected chi connectivity index (χ1v) is 14.1. The number of sulfonamides is 1. The van der Waals surface area contributed by atoms with Crippen molar-refractivity contribution < 1.29 is 22.4 Å². The second kappa shape index (κ2) is 10.0. The third kappa shape index (κ3) is 4.76. The predicted octanol–water partition coefficient (Wildman–Crippen LogP) is 4.98. The molecule has 4 aromatic rings. The average Bonchev–Trinajstić information content (AvgIpc) is 3.63. The molecule has 1 amide bonds. The van der Waals surface area contributed by atoms with Crippen LogP contribution in [-0.2, 0) is 21.4 Å². The largest absolute Gasteiger partial charge is 0.494 e. The molecule has 0 saturated carbocycles. The molecule has 2 aromatic heterocycles. The Morgan fingerprint density at radius 2 is 2.03 bits per heavy atom. The molecule has 0 aliphatic carbocycles. The van der Waals surface area contributed by atoms with E-state index in [1.807, 2.05) is 32.0 Å². The number of carbonyl (C=O) groups is 1. The van der Waals surface area contributed by atoms with E-state index < -0.39 is 16.1 Å². The number of carbonyl (C=O) groups excluding carboxylic acids is 1. The Kier molecular flexibility index (Phi) is 6.83. The van der Waals surface area contributed by atoms with Crippen LogP contribution in [0.25, 0.3) is 10.2 Å².